The Kier molecular flexibility index (Phi) is 3.40. The van der Waals surface area contributed by atoms with E-state index in [1.165, 1.54) is 6.20 Å². The summed E-state index contributed by atoms with van der Waals surface area (Å²) in [6.07, 6.45) is 4.72. The van der Waals surface area contributed by atoms with Crippen molar-refractivity contribution >= 4 is 23.5 Å². The zero-order valence-electron chi connectivity index (χ0n) is 8.33. The van der Waals surface area contributed by atoms with Gasteiger partial charge in [-0.25, -0.2) is 5.43 Å². The highest BCUT2D eigenvalue weighted by Crippen LogP contribution is 2.04. The lowest BCUT2D eigenvalue weighted by Crippen LogP contribution is -2.17. The van der Waals surface area contributed by atoms with Crippen LogP contribution in [0, 0.1) is 0 Å². The Labute approximate surface area is 96.7 Å². The van der Waals surface area contributed by atoms with E-state index < -0.39 is 0 Å². The van der Waals surface area contributed by atoms with E-state index in [9.17, 15) is 4.79 Å². The first-order valence-electron chi connectivity index (χ1n) is 4.63. The molecule has 1 amide bonds. The van der Waals surface area contributed by atoms with Gasteiger partial charge in [-0.2, -0.15) is 5.10 Å². The average molecular weight is 231 g/mol. The van der Waals surface area contributed by atoms with Gasteiger partial charge in [0.2, 0.25) is 0 Å². The molecule has 2 aromatic heterocycles. The van der Waals surface area contributed by atoms with Gasteiger partial charge in [0, 0.05) is 17.3 Å². The van der Waals surface area contributed by atoms with E-state index >= 15 is 0 Å². The van der Waals surface area contributed by atoms with Crippen LogP contribution in [0.5, 0.6) is 0 Å². The smallest absolute Gasteiger partial charge is 0.267 e. The maximum absolute atomic E-state index is 11.5. The molecule has 16 heavy (non-hydrogen) atoms. The first-order chi connectivity index (χ1) is 7.86. The largest absolute Gasteiger partial charge is 0.272 e. The minimum Gasteiger partial charge on any atom is -0.267 e. The number of aromatic nitrogens is 1. The van der Waals surface area contributed by atoms with Crippen molar-refractivity contribution in [2.24, 2.45) is 5.10 Å². The van der Waals surface area contributed by atoms with E-state index in [-0.39, 0.29) is 5.91 Å². The van der Waals surface area contributed by atoms with Gasteiger partial charge < -0.3 is 0 Å². The third-order valence-corrected chi connectivity index (χ3v) is 2.63. The Balaban J connectivity index is 1.94. The topological polar surface area (TPSA) is 54.4 Å². The van der Waals surface area contributed by atoms with E-state index in [0.717, 1.165) is 4.88 Å². The summed E-state index contributed by atoms with van der Waals surface area (Å²) in [6, 6.07) is 7.24. The number of thiophene rings is 1. The Morgan fingerprint density at radius 2 is 2.38 bits per heavy atom. The molecule has 0 radical (unpaired) electrons. The number of hydrogen-bond acceptors (Lipinski definition) is 4. The number of nitrogens with zero attached hydrogens (tertiary/aromatic N) is 2. The van der Waals surface area contributed by atoms with Gasteiger partial charge in [0.1, 0.15) is 0 Å². The molecule has 2 aromatic rings. The van der Waals surface area contributed by atoms with Gasteiger partial charge in [-0.05, 0) is 23.6 Å². The number of carbonyl (C=O) groups excluding carboxylic acids is 1. The molecule has 0 saturated carbocycles. The Morgan fingerprint density at radius 3 is 3.06 bits per heavy atom. The van der Waals surface area contributed by atoms with Crippen LogP contribution >= 0.6 is 11.3 Å². The summed E-state index contributed by atoms with van der Waals surface area (Å²) >= 11 is 1.56. The van der Waals surface area contributed by atoms with Gasteiger partial charge in [-0.1, -0.05) is 6.07 Å². The molecular weight excluding hydrogens is 222 g/mol. The summed E-state index contributed by atoms with van der Waals surface area (Å²) in [7, 11) is 0. The van der Waals surface area contributed by atoms with Crippen molar-refractivity contribution in [1.29, 1.82) is 0 Å². The van der Waals surface area contributed by atoms with Crippen LogP contribution in [0.2, 0.25) is 0 Å². The van der Waals surface area contributed by atoms with Crippen molar-refractivity contribution in [3.05, 3.63) is 52.5 Å². The lowest BCUT2D eigenvalue weighted by Gasteiger charge is -1.97. The maximum atomic E-state index is 11.5. The van der Waals surface area contributed by atoms with Crippen molar-refractivity contribution in [3.8, 4) is 0 Å². The standard InChI is InChI=1S/C11H9N3OS/c15-11(9-3-1-5-12-7-9)14-13-8-10-4-2-6-16-10/h1-8H,(H,14,15). The van der Waals surface area contributed by atoms with Crippen LogP contribution in [-0.4, -0.2) is 17.1 Å². The van der Waals surface area contributed by atoms with Crippen LogP contribution in [0.1, 0.15) is 15.2 Å². The Morgan fingerprint density at radius 1 is 1.44 bits per heavy atom. The van der Waals surface area contributed by atoms with Crippen molar-refractivity contribution in [1.82, 2.24) is 10.4 Å². The molecule has 0 atom stereocenters. The zero-order chi connectivity index (χ0) is 11.2. The summed E-state index contributed by atoms with van der Waals surface area (Å²) in [4.78, 5) is 16.4. The number of rotatable bonds is 3. The van der Waals surface area contributed by atoms with Gasteiger partial charge in [-0.3, -0.25) is 9.78 Å². The highest BCUT2D eigenvalue weighted by Gasteiger charge is 2.01. The lowest BCUT2D eigenvalue weighted by molar-refractivity contribution is 0.0955. The van der Waals surface area contributed by atoms with Gasteiger partial charge >= 0.3 is 0 Å². The van der Waals surface area contributed by atoms with E-state index in [1.807, 2.05) is 17.5 Å². The van der Waals surface area contributed by atoms with Crippen LogP contribution in [0.4, 0.5) is 0 Å². The second-order valence-corrected chi connectivity index (χ2v) is 3.94. The fourth-order valence-corrected chi connectivity index (χ4v) is 1.67. The van der Waals surface area contributed by atoms with Gasteiger partial charge in [0.25, 0.3) is 5.91 Å². The molecule has 0 bridgehead atoms. The monoisotopic (exact) mass is 231 g/mol. The molecule has 80 valence electrons. The number of amides is 1. The summed E-state index contributed by atoms with van der Waals surface area (Å²) in [5.74, 6) is -0.263. The highest BCUT2D eigenvalue weighted by molar-refractivity contribution is 7.11. The van der Waals surface area contributed by atoms with E-state index in [4.69, 9.17) is 0 Å². The van der Waals surface area contributed by atoms with Crippen LogP contribution in [0.15, 0.2) is 47.1 Å². The number of carbonyl (C=O) groups is 1. The molecule has 5 heteroatoms. The van der Waals surface area contributed by atoms with Crippen LogP contribution < -0.4 is 5.43 Å². The van der Waals surface area contributed by atoms with Crippen LogP contribution in [0.25, 0.3) is 0 Å². The molecule has 0 aliphatic carbocycles. The Hall–Kier alpha value is -2.01. The fourth-order valence-electron chi connectivity index (χ4n) is 1.08. The van der Waals surface area contributed by atoms with Gasteiger partial charge in [0.15, 0.2) is 0 Å². The fraction of sp³-hybridized carbons (Fsp3) is 0. The molecule has 0 saturated heterocycles. The van der Waals surface area contributed by atoms with Crippen LogP contribution in [0.3, 0.4) is 0 Å². The molecule has 4 nitrogen and oxygen atoms in total. The number of nitrogens with one attached hydrogen (secondary N) is 1. The molecule has 2 rings (SSSR count). The quantitative estimate of drug-likeness (QED) is 0.648. The molecule has 0 spiro atoms. The van der Waals surface area contributed by atoms with Crippen molar-refractivity contribution in [3.63, 3.8) is 0 Å². The Bertz CT molecular complexity index is 479. The van der Waals surface area contributed by atoms with E-state index in [2.05, 4.69) is 15.5 Å². The molecule has 0 aliphatic rings. The minimum atomic E-state index is -0.263. The average Bonchev–Trinajstić information content (AvgIpc) is 2.83. The maximum Gasteiger partial charge on any atom is 0.272 e. The molecule has 1 N–H and O–H groups in total. The number of hydrogen-bond donors (Lipinski definition) is 1. The lowest BCUT2D eigenvalue weighted by atomic mass is 10.3. The number of pyridine rings is 1. The summed E-state index contributed by atoms with van der Waals surface area (Å²) in [5, 5.41) is 5.80. The highest BCUT2D eigenvalue weighted by atomic mass is 32.1. The first-order valence-corrected chi connectivity index (χ1v) is 5.51. The second kappa shape index (κ2) is 5.18. The molecule has 0 fully saturated rings. The predicted molar refractivity (Wildman–Crippen MR) is 63.6 cm³/mol. The van der Waals surface area contributed by atoms with Gasteiger partial charge in [0.05, 0.1) is 11.8 Å². The van der Waals surface area contributed by atoms with Crippen LogP contribution in [-0.2, 0) is 0 Å². The third-order valence-electron chi connectivity index (χ3n) is 1.82. The van der Waals surface area contributed by atoms with Crippen molar-refractivity contribution in [2.45, 2.75) is 0 Å². The van der Waals surface area contributed by atoms with Gasteiger partial charge in [-0.15, -0.1) is 11.3 Å². The first kappa shape index (κ1) is 10.5. The second-order valence-electron chi connectivity index (χ2n) is 2.96. The molecule has 0 aliphatic heterocycles. The van der Waals surface area contributed by atoms with Crippen molar-refractivity contribution in [2.75, 3.05) is 0 Å². The normalized spacial score (nSPS) is 10.5. The number of hydrazone groups is 1. The summed E-state index contributed by atoms with van der Waals surface area (Å²) in [5.41, 5.74) is 2.93. The third kappa shape index (κ3) is 2.74. The summed E-state index contributed by atoms with van der Waals surface area (Å²) in [6.45, 7) is 0. The minimum absolute atomic E-state index is 0.263. The summed E-state index contributed by atoms with van der Waals surface area (Å²) < 4.78 is 0. The predicted octanol–water partition coefficient (Wildman–Crippen LogP) is 1.91. The zero-order valence-corrected chi connectivity index (χ0v) is 9.15. The SMILES string of the molecule is O=C(NN=Cc1cccs1)c1cccnc1. The molecule has 0 aromatic carbocycles. The van der Waals surface area contributed by atoms with E-state index in [1.54, 1.807) is 35.9 Å². The molecule has 0 unspecified atom stereocenters. The molecule has 2 heterocycles. The van der Waals surface area contributed by atoms with Crippen molar-refractivity contribution < 1.29 is 4.79 Å². The van der Waals surface area contributed by atoms with E-state index in [0.29, 0.717) is 5.56 Å². The molecular formula is C11H9N3OS.